The Labute approximate surface area is 183 Å². The van der Waals surface area contributed by atoms with E-state index in [0.29, 0.717) is 48.9 Å². The third-order valence-electron chi connectivity index (χ3n) is 6.29. The summed E-state index contributed by atoms with van der Waals surface area (Å²) in [5.41, 5.74) is 0. The van der Waals surface area contributed by atoms with Crippen LogP contribution in [0.25, 0.3) is 0 Å². The highest BCUT2D eigenvalue weighted by atomic mass is 32.2. The summed E-state index contributed by atoms with van der Waals surface area (Å²) in [6.07, 6.45) is 6.00. The number of para-hydroxylation sites is 1. The van der Waals surface area contributed by atoms with Crippen LogP contribution in [0, 0.1) is 23.7 Å². The lowest BCUT2D eigenvalue weighted by molar-refractivity contribution is -0.139. The molecule has 0 radical (unpaired) electrons. The molecule has 2 aliphatic rings. The maximum absolute atomic E-state index is 11.4. The van der Waals surface area contributed by atoms with Gasteiger partial charge in [0.2, 0.25) is 0 Å². The van der Waals surface area contributed by atoms with E-state index < -0.39 is 6.10 Å². The van der Waals surface area contributed by atoms with Crippen LogP contribution in [0.2, 0.25) is 0 Å². The Morgan fingerprint density at radius 2 is 2.03 bits per heavy atom. The Balaban J connectivity index is 1.41. The third-order valence-corrected chi connectivity index (χ3v) is 7.25. The number of hydrogen-bond donors (Lipinski definition) is 2. The van der Waals surface area contributed by atoms with Crippen molar-refractivity contribution in [2.75, 3.05) is 24.7 Å². The van der Waals surface area contributed by atoms with Gasteiger partial charge in [0.25, 0.3) is 0 Å². The molecule has 1 aromatic carbocycles. The molecule has 5 atom stereocenters. The molecule has 0 bridgehead atoms. The minimum absolute atomic E-state index is 0.139. The molecule has 5 nitrogen and oxygen atoms in total. The molecule has 0 unspecified atom stereocenters. The predicted octanol–water partition coefficient (Wildman–Crippen LogP) is 4.61. The first-order valence-electron chi connectivity index (χ1n) is 11.1. The summed E-state index contributed by atoms with van der Waals surface area (Å²) in [6.45, 7) is 2.76. The van der Waals surface area contributed by atoms with Crippen molar-refractivity contribution in [3.63, 3.8) is 0 Å². The van der Waals surface area contributed by atoms with Crippen molar-refractivity contribution in [1.82, 2.24) is 0 Å². The van der Waals surface area contributed by atoms with Gasteiger partial charge in [0.1, 0.15) is 5.75 Å². The molecule has 3 rings (SSSR count). The number of aliphatic hydroxyl groups is 2. The molecule has 2 aliphatic carbocycles. The van der Waals surface area contributed by atoms with Crippen molar-refractivity contribution in [2.24, 2.45) is 23.7 Å². The summed E-state index contributed by atoms with van der Waals surface area (Å²) in [4.78, 5) is 11.4. The summed E-state index contributed by atoms with van der Waals surface area (Å²) >= 11 is 1.64. The SMILES string of the molecule is CCOC(=O)CSCC[C@@H]1C[C@@H]2C[C@@H](O)[C@H](C(O)=CCCOc3ccccc3)[C@@H]2C1. The number of aliphatic hydroxyl groups excluding tert-OH is 2. The molecule has 1 aromatic rings. The van der Waals surface area contributed by atoms with Crippen LogP contribution in [0.15, 0.2) is 42.2 Å². The number of fused-ring (bicyclic) bond motifs is 1. The van der Waals surface area contributed by atoms with E-state index in [1.165, 1.54) is 0 Å². The van der Waals surface area contributed by atoms with Gasteiger partial charge in [-0.2, -0.15) is 11.8 Å². The van der Waals surface area contributed by atoms with Gasteiger partial charge in [-0.3, -0.25) is 4.79 Å². The summed E-state index contributed by atoms with van der Waals surface area (Å²) in [7, 11) is 0. The van der Waals surface area contributed by atoms with Crippen LogP contribution in [-0.4, -0.2) is 47.0 Å². The highest BCUT2D eigenvalue weighted by Crippen LogP contribution is 2.52. The number of hydrogen-bond acceptors (Lipinski definition) is 6. The average Bonchev–Trinajstić information content (AvgIpc) is 3.25. The first-order chi connectivity index (χ1) is 14.6. The Morgan fingerprint density at radius 3 is 2.80 bits per heavy atom. The molecular formula is C24H34O5S. The van der Waals surface area contributed by atoms with Gasteiger partial charge in [0.15, 0.2) is 0 Å². The first kappa shape index (κ1) is 23.0. The topological polar surface area (TPSA) is 76.0 Å². The standard InChI is InChI=1S/C24H34O5S/c1-2-28-23(27)16-30-12-10-17-13-18-15-22(26)24(20(18)14-17)21(25)9-6-11-29-19-7-4-3-5-8-19/h3-5,7-9,17-18,20,22,24-26H,2,6,10-16H2,1H3/t17-,18-,20-,22-,24+/m1/s1. The van der Waals surface area contributed by atoms with Crippen molar-refractivity contribution in [1.29, 1.82) is 0 Å². The lowest BCUT2D eigenvalue weighted by Crippen LogP contribution is -2.22. The van der Waals surface area contributed by atoms with Gasteiger partial charge < -0.3 is 19.7 Å². The van der Waals surface area contributed by atoms with Gasteiger partial charge in [-0.15, -0.1) is 0 Å². The predicted molar refractivity (Wildman–Crippen MR) is 120 cm³/mol. The molecular weight excluding hydrogens is 400 g/mol. The van der Waals surface area contributed by atoms with E-state index in [2.05, 4.69) is 0 Å². The Bertz CT molecular complexity index is 692. The van der Waals surface area contributed by atoms with Gasteiger partial charge in [-0.1, -0.05) is 18.2 Å². The van der Waals surface area contributed by atoms with Gasteiger partial charge in [0, 0.05) is 12.3 Å². The number of esters is 1. The summed E-state index contributed by atoms with van der Waals surface area (Å²) in [6, 6.07) is 9.65. The van der Waals surface area contributed by atoms with E-state index in [1.54, 1.807) is 11.8 Å². The van der Waals surface area contributed by atoms with E-state index in [9.17, 15) is 15.0 Å². The summed E-state index contributed by atoms with van der Waals surface area (Å²) in [5, 5.41) is 21.2. The fourth-order valence-electron chi connectivity index (χ4n) is 5.03. The first-order valence-corrected chi connectivity index (χ1v) is 12.2. The molecule has 6 heteroatoms. The quantitative estimate of drug-likeness (QED) is 0.301. The second kappa shape index (κ2) is 11.7. The van der Waals surface area contributed by atoms with Crippen LogP contribution in [0.1, 0.15) is 39.0 Å². The molecule has 2 N–H and O–H groups in total. The monoisotopic (exact) mass is 434 g/mol. The van der Waals surface area contributed by atoms with Gasteiger partial charge in [-0.25, -0.2) is 0 Å². The number of rotatable bonds is 11. The highest BCUT2D eigenvalue weighted by molar-refractivity contribution is 7.99. The zero-order valence-electron chi connectivity index (χ0n) is 17.7. The lowest BCUT2D eigenvalue weighted by atomic mass is 9.88. The summed E-state index contributed by atoms with van der Waals surface area (Å²) in [5.74, 6) is 3.68. The maximum Gasteiger partial charge on any atom is 0.315 e. The van der Waals surface area contributed by atoms with Gasteiger partial charge >= 0.3 is 5.97 Å². The van der Waals surface area contributed by atoms with Crippen molar-refractivity contribution in [3.05, 3.63) is 42.2 Å². The second-order valence-electron chi connectivity index (χ2n) is 8.32. The van der Waals surface area contributed by atoms with Gasteiger partial charge in [-0.05, 0) is 74.3 Å². The third kappa shape index (κ3) is 6.42. The molecule has 2 fully saturated rings. The minimum Gasteiger partial charge on any atom is -0.512 e. The second-order valence-corrected chi connectivity index (χ2v) is 9.42. The number of ether oxygens (including phenoxy) is 2. The van der Waals surface area contributed by atoms with Crippen molar-refractivity contribution in [3.8, 4) is 5.75 Å². The fraction of sp³-hybridized carbons (Fsp3) is 0.625. The molecule has 0 saturated heterocycles. The van der Waals surface area contributed by atoms with Crippen LogP contribution >= 0.6 is 11.8 Å². The zero-order valence-corrected chi connectivity index (χ0v) is 18.6. The molecule has 0 aromatic heterocycles. The van der Waals surface area contributed by atoms with Crippen LogP contribution in [0.3, 0.4) is 0 Å². The number of carbonyl (C=O) groups excluding carboxylic acids is 1. The Kier molecular flexibility index (Phi) is 8.94. The molecule has 2 saturated carbocycles. The largest absolute Gasteiger partial charge is 0.512 e. The molecule has 0 amide bonds. The van der Waals surface area contributed by atoms with Crippen LogP contribution in [0.4, 0.5) is 0 Å². The maximum atomic E-state index is 11.4. The van der Waals surface area contributed by atoms with Crippen LogP contribution in [0.5, 0.6) is 5.75 Å². The lowest BCUT2D eigenvalue weighted by Gasteiger charge is -2.21. The van der Waals surface area contributed by atoms with Crippen molar-refractivity contribution >= 4 is 17.7 Å². The van der Waals surface area contributed by atoms with E-state index in [1.807, 2.05) is 43.3 Å². The average molecular weight is 435 g/mol. The molecule has 30 heavy (non-hydrogen) atoms. The fourth-order valence-corrected chi connectivity index (χ4v) is 5.92. The van der Waals surface area contributed by atoms with E-state index in [-0.39, 0.29) is 11.9 Å². The highest BCUT2D eigenvalue weighted by Gasteiger charge is 2.49. The van der Waals surface area contributed by atoms with Crippen molar-refractivity contribution in [2.45, 2.75) is 45.1 Å². The summed E-state index contributed by atoms with van der Waals surface area (Å²) < 4.78 is 10.6. The smallest absolute Gasteiger partial charge is 0.315 e. The Morgan fingerprint density at radius 1 is 1.23 bits per heavy atom. The number of carbonyl (C=O) groups is 1. The van der Waals surface area contributed by atoms with E-state index >= 15 is 0 Å². The molecule has 0 spiro atoms. The van der Waals surface area contributed by atoms with Crippen molar-refractivity contribution < 1.29 is 24.5 Å². The molecule has 166 valence electrons. The number of benzene rings is 1. The van der Waals surface area contributed by atoms with E-state index in [0.717, 1.165) is 37.2 Å². The van der Waals surface area contributed by atoms with Gasteiger partial charge in [0.05, 0.1) is 30.8 Å². The zero-order chi connectivity index (χ0) is 21.3. The molecule has 0 aliphatic heterocycles. The molecule has 0 heterocycles. The number of thioether (sulfide) groups is 1. The minimum atomic E-state index is -0.453. The van der Waals surface area contributed by atoms with Crippen LogP contribution in [-0.2, 0) is 9.53 Å². The van der Waals surface area contributed by atoms with E-state index in [4.69, 9.17) is 9.47 Å². The normalized spacial score (nSPS) is 28.3. The Hall–Kier alpha value is -1.66. The van der Waals surface area contributed by atoms with Crippen LogP contribution < -0.4 is 4.74 Å².